The molecule has 2 bridgehead atoms. The Morgan fingerprint density at radius 2 is 1.71 bits per heavy atom. The SMILES string of the molecule is CC(=O)OC(F)(F)F.COC(=O)N1CCN2c3cccc(c3)CCCCCCNC(=O)C2C1.O=C(O)CC(F)(F)F. The number of aryl methyl sites for hydroxylation is 1. The van der Waals surface area contributed by atoms with Crippen LogP contribution in [0.2, 0.25) is 0 Å². The predicted octanol–water partition coefficient (Wildman–Crippen LogP) is 4.27. The van der Waals surface area contributed by atoms with E-state index >= 15 is 0 Å². The van der Waals surface area contributed by atoms with Gasteiger partial charge < -0.3 is 29.7 Å². The van der Waals surface area contributed by atoms with E-state index < -0.39 is 30.9 Å². The van der Waals surface area contributed by atoms with Crippen molar-refractivity contribution in [2.24, 2.45) is 0 Å². The third-order valence-corrected chi connectivity index (χ3v) is 5.66. The van der Waals surface area contributed by atoms with Gasteiger partial charge in [-0.15, -0.1) is 13.2 Å². The van der Waals surface area contributed by atoms with Gasteiger partial charge in [-0.3, -0.25) is 14.4 Å². The largest absolute Gasteiger partial charge is 0.575 e. The topological polar surface area (TPSA) is 125 Å². The second-order valence-corrected chi connectivity index (χ2v) is 8.98. The molecule has 10 nitrogen and oxygen atoms in total. The van der Waals surface area contributed by atoms with Crippen LogP contribution in [0.5, 0.6) is 0 Å². The molecular weight excluding hydrogens is 568 g/mol. The minimum Gasteiger partial charge on any atom is -0.481 e. The summed E-state index contributed by atoms with van der Waals surface area (Å²) in [6, 6.07) is 8.07. The molecule has 1 unspecified atom stereocenters. The van der Waals surface area contributed by atoms with Crippen molar-refractivity contribution in [1.29, 1.82) is 0 Å². The van der Waals surface area contributed by atoms with E-state index in [1.54, 1.807) is 4.90 Å². The number of rotatable bonds is 1. The lowest BCUT2D eigenvalue weighted by Crippen LogP contribution is -2.60. The van der Waals surface area contributed by atoms with Crippen molar-refractivity contribution >= 4 is 29.6 Å². The zero-order valence-electron chi connectivity index (χ0n) is 22.5. The highest BCUT2D eigenvalue weighted by Gasteiger charge is 2.35. The predicted molar refractivity (Wildman–Crippen MR) is 133 cm³/mol. The third-order valence-electron chi connectivity index (χ3n) is 5.66. The average molecular weight is 602 g/mol. The van der Waals surface area contributed by atoms with Gasteiger partial charge >= 0.3 is 30.6 Å². The van der Waals surface area contributed by atoms with Crippen LogP contribution in [0.1, 0.15) is 44.6 Å². The van der Waals surface area contributed by atoms with Crippen molar-refractivity contribution in [1.82, 2.24) is 10.2 Å². The maximum Gasteiger partial charge on any atom is 0.575 e. The number of carboxylic acids is 1. The number of carbonyl (C=O) groups is 4. The molecule has 232 valence electrons. The lowest BCUT2D eigenvalue weighted by atomic mass is 10.0. The molecule has 0 aliphatic carbocycles. The van der Waals surface area contributed by atoms with Crippen LogP contribution in [0, 0.1) is 0 Å². The van der Waals surface area contributed by atoms with Gasteiger partial charge in [0, 0.05) is 32.2 Å². The van der Waals surface area contributed by atoms with Crippen molar-refractivity contribution in [2.75, 3.05) is 38.2 Å². The van der Waals surface area contributed by atoms with E-state index in [0.29, 0.717) is 33.1 Å². The molecule has 1 aromatic rings. The second kappa shape index (κ2) is 16.5. The number of benzene rings is 1. The monoisotopic (exact) mass is 601 g/mol. The average Bonchev–Trinajstić information content (AvgIpc) is 2.85. The number of hydrogen-bond acceptors (Lipinski definition) is 7. The lowest BCUT2D eigenvalue weighted by molar-refractivity contribution is -0.304. The Morgan fingerprint density at radius 3 is 2.22 bits per heavy atom. The normalized spacial score (nSPS) is 17.8. The van der Waals surface area contributed by atoms with Crippen LogP contribution >= 0.6 is 0 Å². The van der Waals surface area contributed by atoms with Crippen molar-refractivity contribution in [3.63, 3.8) is 0 Å². The van der Waals surface area contributed by atoms with Crippen molar-refractivity contribution < 1.29 is 60.1 Å². The molecule has 2 aliphatic rings. The Labute approximate surface area is 232 Å². The molecule has 3 rings (SSSR count). The molecular formula is C25H33F6N3O7. The van der Waals surface area contributed by atoms with E-state index in [-0.39, 0.29) is 18.0 Å². The fourth-order valence-electron chi connectivity index (χ4n) is 3.97. The summed E-state index contributed by atoms with van der Waals surface area (Å²) in [6.45, 7) is 2.91. The molecule has 1 aromatic carbocycles. The van der Waals surface area contributed by atoms with Crippen molar-refractivity contribution in [3.8, 4) is 0 Å². The fraction of sp³-hybridized carbons (Fsp3) is 0.600. The van der Waals surface area contributed by atoms with Crippen molar-refractivity contribution in [3.05, 3.63) is 29.8 Å². The van der Waals surface area contributed by atoms with Crippen LogP contribution < -0.4 is 10.2 Å². The molecule has 1 fully saturated rings. The molecule has 1 saturated heterocycles. The number of ether oxygens (including phenoxy) is 2. The van der Waals surface area contributed by atoms with Gasteiger partial charge in [0.25, 0.3) is 0 Å². The Hall–Kier alpha value is -3.72. The molecule has 2 amide bonds. The molecule has 2 N–H and O–H groups in total. The van der Waals surface area contributed by atoms with E-state index in [1.807, 2.05) is 0 Å². The first-order chi connectivity index (χ1) is 19.0. The van der Waals surface area contributed by atoms with Crippen LogP contribution in [0.25, 0.3) is 0 Å². The molecule has 1 atom stereocenters. The van der Waals surface area contributed by atoms with Crippen LogP contribution in [0.4, 0.5) is 36.8 Å². The minimum absolute atomic E-state index is 0.0155. The molecule has 0 radical (unpaired) electrons. The van der Waals surface area contributed by atoms with Crippen molar-refractivity contribution in [2.45, 2.75) is 64.0 Å². The highest BCUT2D eigenvalue weighted by Crippen LogP contribution is 2.24. The summed E-state index contributed by atoms with van der Waals surface area (Å²) in [4.78, 5) is 47.2. The Kier molecular flexibility index (Phi) is 14.2. The number of piperazine rings is 1. The van der Waals surface area contributed by atoms with Crippen LogP contribution in [-0.4, -0.2) is 85.8 Å². The maximum absolute atomic E-state index is 12.8. The number of esters is 1. The van der Waals surface area contributed by atoms with E-state index in [2.05, 4.69) is 39.2 Å². The molecule has 2 heterocycles. The van der Waals surface area contributed by atoms with E-state index in [9.17, 15) is 45.5 Å². The first kappa shape index (κ1) is 35.3. The number of carbonyl (C=O) groups excluding carboxylic acids is 3. The number of methoxy groups -OCH3 is 1. The number of halogens is 6. The van der Waals surface area contributed by atoms with Gasteiger partial charge in [0.15, 0.2) is 0 Å². The molecule has 0 spiro atoms. The van der Waals surface area contributed by atoms with E-state index in [0.717, 1.165) is 24.9 Å². The zero-order chi connectivity index (χ0) is 31.2. The number of nitrogens with zero attached hydrogens (tertiary/aromatic N) is 2. The second-order valence-electron chi connectivity index (χ2n) is 8.98. The maximum atomic E-state index is 12.8. The molecule has 16 heteroatoms. The van der Waals surface area contributed by atoms with Gasteiger partial charge in [-0.2, -0.15) is 13.2 Å². The molecule has 0 aromatic heterocycles. The van der Waals surface area contributed by atoms with Gasteiger partial charge in [0.05, 0.1) is 13.7 Å². The summed E-state index contributed by atoms with van der Waals surface area (Å²) in [5.41, 5.74) is 2.37. The fourth-order valence-corrected chi connectivity index (χ4v) is 3.97. The number of amides is 2. The van der Waals surface area contributed by atoms with E-state index in [4.69, 9.17) is 9.84 Å². The summed E-state index contributed by atoms with van der Waals surface area (Å²) in [5.74, 6) is -3.21. The van der Waals surface area contributed by atoms with Crippen LogP contribution in [0.3, 0.4) is 0 Å². The highest BCUT2D eigenvalue weighted by atomic mass is 19.4. The third kappa shape index (κ3) is 15.0. The quantitative estimate of drug-likeness (QED) is 0.361. The number of hydrogen-bond donors (Lipinski definition) is 2. The Balaban J connectivity index is 0.000000433. The zero-order valence-corrected chi connectivity index (χ0v) is 22.5. The number of alkyl halides is 6. The molecule has 0 saturated carbocycles. The van der Waals surface area contributed by atoms with Crippen LogP contribution in [-0.2, 0) is 30.3 Å². The summed E-state index contributed by atoms with van der Waals surface area (Å²) < 4.78 is 73.0. The Morgan fingerprint density at radius 1 is 1.05 bits per heavy atom. The van der Waals surface area contributed by atoms with Gasteiger partial charge in [0.2, 0.25) is 5.91 Å². The summed E-state index contributed by atoms with van der Waals surface area (Å²) in [5, 5.41) is 10.6. The Bertz CT molecular complexity index is 994. The van der Waals surface area contributed by atoms with Gasteiger partial charge in [0.1, 0.15) is 12.5 Å². The number of anilines is 1. The first-order valence-electron chi connectivity index (χ1n) is 12.5. The summed E-state index contributed by atoms with van der Waals surface area (Å²) in [6.07, 6.45) is -5.98. The number of fused-ring (bicyclic) bond motifs is 4. The van der Waals surface area contributed by atoms with E-state index in [1.165, 1.54) is 25.5 Å². The van der Waals surface area contributed by atoms with Gasteiger partial charge in [-0.25, -0.2) is 4.79 Å². The standard InChI is InChI=1S/C19H27N3O3.2C3H3F3O2/c1-25-19(24)21-11-12-22-16-9-6-8-15(13-16)7-4-2-3-5-10-20-18(23)17(22)14-21;1-2(7)8-3(4,5)6;4-3(5,6)1-2(7)8/h6,8-9,13,17H,2-5,7,10-12,14H2,1H3,(H,20,23);1H3;1H2,(H,7,8). The van der Waals surface area contributed by atoms with Gasteiger partial charge in [-0.1, -0.05) is 25.0 Å². The first-order valence-corrected chi connectivity index (χ1v) is 12.5. The van der Waals surface area contributed by atoms with Gasteiger partial charge in [-0.05, 0) is 37.0 Å². The summed E-state index contributed by atoms with van der Waals surface area (Å²) >= 11 is 0. The summed E-state index contributed by atoms with van der Waals surface area (Å²) in [7, 11) is 1.38. The lowest BCUT2D eigenvalue weighted by Gasteiger charge is -2.41. The number of aliphatic carboxylic acids is 1. The molecule has 41 heavy (non-hydrogen) atoms. The minimum atomic E-state index is -4.83. The number of carboxylic acid groups (broad SMARTS) is 1. The number of nitrogens with one attached hydrogen (secondary N) is 1. The van der Waals surface area contributed by atoms with Crippen LogP contribution in [0.15, 0.2) is 24.3 Å². The smallest absolute Gasteiger partial charge is 0.481 e. The molecule has 2 aliphatic heterocycles. The highest BCUT2D eigenvalue weighted by molar-refractivity contribution is 5.86.